The Kier molecular flexibility index (Phi) is 2.82. The van der Waals surface area contributed by atoms with Crippen molar-refractivity contribution in [3.05, 3.63) is 11.4 Å². The molecule has 1 unspecified atom stereocenters. The summed E-state index contributed by atoms with van der Waals surface area (Å²) in [6.07, 6.45) is 6.21. The van der Waals surface area contributed by atoms with E-state index in [-0.39, 0.29) is 0 Å². The average Bonchev–Trinajstić information content (AvgIpc) is 2.95. The molecule has 2 heterocycles. The molecule has 1 aliphatic carbocycles. The molecule has 4 heteroatoms. The van der Waals surface area contributed by atoms with Crippen LogP contribution in [0.1, 0.15) is 30.7 Å². The number of H-pyrrole nitrogens is 1. The van der Waals surface area contributed by atoms with Crippen molar-refractivity contribution < 1.29 is 0 Å². The zero-order valence-corrected chi connectivity index (χ0v) is 9.68. The van der Waals surface area contributed by atoms with Gasteiger partial charge in [0.05, 0.1) is 5.69 Å². The van der Waals surface area contributed by atoms with Crippen molar-refractivity contribution in [3.63, 3.8) is 0 Å². The van der Waals surface area contributed by atoms with Crippen LogP contribution in [0.15, 0.2) is 0 Å². The molecule has 0 aromatic carbocycles. The highest BCUT2D eigenvalue weighted by Gasteiger charge is 2.17. The first-order valence-corrected chi connectivity index (χ1v) is 6.44. The molecule has 0 spiro atoms. The van der Waals surface area contributed by atoms with Crippen molar-refractivity contribution in [1.82, 2.24) is 15.3 Å². The molecule has 1 saturated heterocycles. The molecule has 2 aliphatic rings. The molecule has 1 atom stereocenters. The monoisotopic (exact) mass is 220 g/mol. The molecule has 88 valence electrons. The third kappa shape index (κ3) is 2.07. The summed E-state index contributed by atoms with van der Waals surface area (Å²) < 4.78 is 0. The number of hydrogen-bond donors (Lipinski definition) is 3. The molecule has 3 rings (SSSR count). The lowest BCUT2D eigenvalue weighted by Crippen LogP contribution is -2.17. The summed E-state index contributed by atoms with van der Waals surface area (Å²) in [6.45, 7) is 3.35. The number of aryl methyl sites for hydroxylation is 2. The van der Waals surface area contributed by atoms with Crippen molar-refractivity contribution in [2.24, 2.45) is 5.92 Å². The van der Waals surface area contributed by atoms with Crippen molar-refractivity contribution >= 4 is 5.95 Å². The van der Waals surface area contributed by atoms with Crippen LogP contribution in [0.25, 0.3) is 0 Å². The fraction of sp³-hybridized carbons (Fsp3) is 0.750. The van der Waals surface area contributed by atoms with Crippen LogP contribution in [0.5, 0.6) is 0 Å². The van der Waals surface area contributed by atoms with E-state index in [1.807, 2.05) is 0 Å². The largest absolute Gasteiger partial charge is 0.355 e. The van der Waals surface area contributed by atoms with Gasteiger partial charge in [0.2, 0.25) is 5.95 Å². The van der Waals surface area contributed by atoms with Crippen LogP contribution in [0.4, 0.5) is 5.95 Å². The maximum Gasteiger partial charge on any atom is 0.200 e. The lowest BCUT2D eigenvalue weighted by molar-refractivity contribution is 0.613. The lowest BCUT2D eigenvalue weighted by atomic mass is 10.0. The minimum atomic E-state index is 0.766. The summed E-state index contributed by atoms with van der Waals surface area (Å²) >= 11 is 0. The first-order chi connectivity index (χ1) is 7.92. The van der Waals surface area contributed by atoms with Gasteiger partial charge in [0.25, 0.3) is 0 Å². The van der Waals surface area contributed by atoms with Gasteiger partial charge in [0.15, 0.2) is 0 Å². The van der Waals surface area contributed by atoms with E-state index in [4.69, 9.17) is 0 Å². The second-order valence-corrected chi connectivity index (χ2v) is 4.96. The fourth-order valence-electron chi connectivity index (χ4n) is 2.67. The molecule has 1 aromatic heterocycles. The Balaban J connectivity index is 1.59. The molecular formula is C12H20N4. The number of aromatic amines is 1. The number of nitrogens with zero attached hydrogens (tertiary/aromatic N) is 1. The SMILES string of the molecule is C1CCc2[nH]c(NCC3CCNC3)nc2C1. The van der Waals surface area contributed by atoms with E-state index in [9.17, 15) is 0 Å². The van der Waals surface area contributed by atoms with Crippen molar-refractivity contribution in [2.75, 3.05) is 25.0 Å². The van der Waals surface area contributed by atoms with E-state index >= 15 is 0 Å². The van der Waals surface area contributed by atoms with E-state index in [0.717, 1.165) is 31.4 Å². The van der Waals surface area contributed by atoms with Gasteiger partial charge in [0, 0.05) is 12.2 Å². The molecule has 1 fully saturated rings. The molecular weight excluding hydrogens is 200 g/mol. The molecule has 1 aliphatic heterocycles. The Bertz CT molecular complexity index is 328. The van der Waals surface area contributed by atoms with Gasteiger partial charge in [-0.1, -0.05) is 0 Å². The maximum absolute atomic E-state index is 4.62. The van der Waals surface area contributed by atoms with Crippen LogP contribution in [0.3, 0.4) is 0 Å². The summed E-state index contributed by atoms with van der Waals surface area (Å²) in [5.74, 6) is 1.75. The fourth-order valence-corrected chi connectivity index (χ4v) is 2.67. The number of rotatable bonds is 3. The number of imidazole rings is 1. The van der Waals surface area contributed by atoms with E-state index in [1.54, 1.807) is 0 Å². The second-order valence-electron chi connectivity index (χ2n) is 4.96. The highest BCUT2D eigenvalue weighted by atomic mass is 15.1. The summed E-state index contributed by atoms with van der Waals surface area (Å²) in [7, 11) is 0. The highest BCUT2D eigenvalue weighted by molar-refractivity contribution is 5.32. The zero-order chi connectivity index (χ0) is 10.8. The number of nitrogens with one attached hydrogen (secondary N) is 3. The average molecular weight is 220 g/mol. The second kappa shape index (κ2) is 4.45. The highest BCUT2D eigenvalue weighted by Crippen LogP contribution is 2.20. The molecule has 1 aromatic rings. The number of hydrogen-bond acceptors (Lipinski definition) is 3. The normalized spacial score (nSPS) is 24.4. The Morgan fingerprint density at radius 2 is 2.25 bits per heavy atom. The Labute approximate surface area is 96.2 Å². The minimum absolute atomic E-state index is 0.766. The van der Waals surface area contributed by atoms with Gasteiger partial charge in [-0.2, -0.15) is 0 Å². The summed E-state index contributed by atoms with van der Waals surface area (Å²) in [4.78, 5) is 8.04. The predicted octanol–water partition coefficient (Wildman–Crippen LogP) is 1.31. The third-order valence-corrected chi connectivity index (χ3v) is 3.68. The molecule has 4 nitrogen and oxygen atoms in total. The standard InChI is InChI=1S/C12H20N4/c1-2-4-11-10(3-1)15-12(16-11)14-8-9-5-6-13-7-9/h9,13H,1-8H2,(H2,14,15,16). The first-order valence-electron chi connectivity index (χ1n) is 6.44. The summed E-state index contributed by atoms with van der Waals surface area (Å²) in [5.41, 5.74) is 2.65. The quantitative estimate of drug-likeness (QED) is 0.720. The van der Waals surface area contributed by atoms with Crippen LogP contribution in [-0.4, -0.2) is 29.6 Å². The van der Waals surface area contributed by atoms with Crippen molar-refractivity contribution in [1.29, 1.82) is 0 Å². The Morgan fingerprint density at radius 1 is 1.31 bits per heavy atom. The molecule has 0 radical (unpaired) electrons. The first kappa shape index (κ1) is 10.1. The van der Waals surface area contributed by atoms with Gasteiger partial charge >= 0.3 is 0 Å². The van der Waals surface area contributed by atoms with Gasteiger partial charge in [-0.05, 0) is 51.1 Å². The van der Waals surface area contributed by atoms with Crippen molar-refractivity contribution in [3.8, 4) is 0 Å². The van der Waals surface area contributed by atoms with Gasteiger partial charge in [-0.15, -0.1) is 0 Å². The van der Waals surface area contributed by atoms with Crippen LogP contribution in [0.2, 0.25) is 0 Å². The van der Waals surface area contributed by atoms with Gasteiger partial charge in [-0.25, -0.2) is 4.98 Å². The number of anilines is 1. The van der Waals surface area contributed by atoms with Crippen LogP contribution >= 0.6 is 0 Å². The van der Waals surface area contributed by atoms with Crippen LogP contribution < -0.4 is 10.6 Å². The smallest absolute Gasteiger partial charge is 0.200 e. The maximum atomic E-state index is 4.62. The van der Waals surface area contributed by atoms with Crippen LogP contribution in [-0.2, 0) is 12.8 Å². The van der Waals surface area contributed by atoms with E-state index < -0.39 is 0 Å². The molecule has 0 bridgehead atoms. The predicted molar refractivity (Wildman–Crippen MR) is 64.7 cm³/mol. The molecule has 16 heavy (non-hydrogen) atoms. The summed E-state index contributed by atoms with van der Waals surface area (Å²) in [5, 5.41) is 6.82. The van der Waals surface area contributed by atoms with Gasteiger partial charge < -0.3 is 15.6 Å². The van der Waals surface area contributed by atoms with Crippen molar-refractivity contribution in [2.45, 2.75) is 32.1 Å². The van der Waals surface area contributed by atoms with E-state index in [0.29, 0.717) is 0 Å². The van der Waals surface area contributed by atoms with Crippen LogP contribution in [0, 0.1) is 5.92 Å². The Morgan fingerprint density at radius 3 is 3.06 bits per heavy atom. The summed E-state index contributed by atoms with van der Waals surface area (Å²) in [6, 6.07) is 0. The lowest BCUT2D eigenvalue weighted by Gasteiger charge is -2.08. The molecule has 0 amide bonds. The number of fused-ring (bicyclic) bond motifs is 1. The third-order valence-electron chi connectivity index (χ3n) is 3.68. The van der Waals surface area contributed by atoms with E-state index in [2.05, 4.69) is 20.6 Å². The molecule has 0 saturated carbocycles. The van der Waals surface area contributed by atoms with Gasteiger partial charge in [0.1, 0.15) is 0 Å². The van der Waals surface area contributed by atoms with Gasteiger partial charge in [-0.3, -0.25) is 0 Å². The van der Waals surface area contributed by atoms with E-state index in [1.165, 1.54) is 43.6 Å². The molecule has 3 N–H and O–H groups in total. The topological polar surface area (TPSA) is 52.7 Å². The Hall–Kier alpha value is -1.03. The number of aromatic nitrogens is 2. The zero-order valence-electron chi connectivity index (χ0n) is 9.68. The minimum Gasteiger partial charge on any atom is -0.355 e.